The summed E-state index contributed by atoms with van der Waals surface area (Å²) in [5.41, 5.74) is 2.68. The number of fused-ring (bicyclic) bond motifs is 1. The molecule has 0 aromatic heterocycles. The third-order valence-corrected chi connectivity index (χ3v) is 5.34. The van der Waals surface area contributed by atoms with E-state index < -0.39 is 33.8 Å². The van der Waals surface area contributed by atoms with E-state index in [2.05, 4.69) is 11.3 Å². The number of benzene rings is 1. The van der Waals surface area contributed by atoms with E-state index in [9.17, 15) is 9.00 Å². The second-order valence-electron chi connectivity index (χ2n) is 6.64. The normalized spacial score (nSPS) is 20.2. The lowest BCUT2D eigenvalue weighted by atomic mass is 9.91. The van der Waals surface area contributed by atoms with E-state index in [1.807, 2.05) is 45.0 Å². The summed E-state index contributed by atoms with van der Waals surface area (Å²) in [5, 5.41) is 0. The molecule has 1 aliphatic heterocycles. The quantitative estimate of drug-likeness (QED) is 0.828. The minimum atomic E-state index is -1.44. The van der Waals surface area contributed by atoms with Crippen molar-refractivity contribution in [3.05, 3.63) is 42.0 Å². The zero-order valence-corrected chi connectivity index (χ0v) is 15.4. The maximum absolute atomic E-state index is 12.5. The molecule has 1 aromatic carbocycles. The van der Waals surface area contributed by atoms with Gasteiger partial charge in [0.25, 0.3) is 0 Å². The third-order valence-electron chi connectivity index (χ3n) is 3.76. The first kappa shape index (κ1) is 18.8. The molecule has 0 radical (unpaired) electrons. The van der Waals surface area contributed by atoms with E-state index in [1.165, 1.54) is 0 Å². The van der Waals surface area contributed by atoms with Gasteiger partial charge in [0.2, 0.25) is 0 Å². The summed E-state index contributed by atoms with van der Waals surface area (Å²) < 4.78 is 25.9. The Morgan fingerprint density at radius 3 is 2.75 bits per heavy atom. The van der Waals surface area contributed by atoms with Crippen molar-refractivity contribution in [2.24, 2.45) is 0 Å². The fourth-order valence-corrected chi connectivity index (χ4v) is 3.25. The summed E-state index contributed by atoms with van der Waals surface area (Å²) in [6.45, 7) is 12.0. The summed E-state index contributed by atoms with van der Waals surface area (Å²) >= 11 is 0. The van der Waals surface area contributed by atoms with Gasteiger partial charge in [-0.05, 0) is 44.4 Å². The largest absolute Gasteiger partial charge is 0.465 e. The van der Waals surface area contributed by atoms with Crippen LogP contribution in [0.25, 0.3) is 5.57 Å². The molecular formula is C18H25NO4S. The van der Waals surface area contributed by atoms with Gasteiger partial charge >= 0.3 is 5.97 Å². The SMILES string of the molecule is C=C1c2ccccc2CO[C@@H]1[C@H](NS(=O)C(C)(C)C)C(=O)OCC. The van der Waals surface area contributed by atoms with Gasteiger partial charge < -0.3 is 9.47 Å². The number of ether oxygens (including phenoxy) is 2. The van der Waals surface area contributed by atoms with Crippen LogP contribution in [-0.4, -0.2) is 33.7 Å². The van der Waals surface area contributed by atoms with Crippen LogP contribution in [-0.2, 0) is 31.9 Å². The topological polar surface area (TPSA) is 64.6 Å². The van der Waals surface area contributed by atoms with Crippen LogP contribution in [0.4, 0.5) is 0 Å². The van der Waals surface area contributed by atoms with Crippen LogP contribution in [0.15, 0.2) is 30.8 Å². The summed E-state index contributed by atoms with van der Waals surface area (Å²) in [6, 6.07) is 6.91. The van der Waals surface area contributed by atoms with Gasteiger partial charge in [-0.3, -0.25) is 4.79 Å². The molecule has 24 heavy (non-hydrogen) atoms. The third kappa shape index (κ3) is 4.12. The van der Waals surface area contributed by atoms with Crippen molar-refractivity contribution in [3.63, 3.8) is 0 Å². The Labute approximate surface area is 146 Å². The summed E-state index contributed by atoms with van der Waals surface area (Å²) in [6.07, 6.45) is -0.620. The van der Waals surface area contributed by atoms with Crippen LogP contribution in [0.3, 0.4) is 0 Å². The van der Waals surface area contributed by atoms with Gasteiger partial charge in [0, 0.05) is 0 Å². The zero-order valence-electron chi connectivity index (χ0n) is 14.6. The molecule has 1 N–H and O–H groups in total. The number of carbonyl (C=O) groups is 1. The molecule has 3 atom stereocenters. The van der Waals surface area contributed by atoms with Gasteiger partial charge in [-0.2, -0.15) is 0 Å². The molecule has 0 saturated carbocycles. The molecule has 0 aliphatic carbocycles. The minimum absolute atomic E-state index is 0.245. The Bertz CT molecular complexity index is 651. The molecule has 1 unspecified atom stereocenters. The predicted molar refractivity (Wildman–Crippen MR) is 95.5 cm³/mol. The smallest absolute Gasteiger partial charge is 0.327 e. The first-order chi connectivity index (χ1) is 11.3. The van der Waals surface area contributed by atoms with E-state index in [0.29, 0.717) is 12.2 Å². The monoisotopic (exact) mass is 351 g/mol. The van der Waals surface area contributed by atoms with Crippen LogP contribution in [0, 0.1) is 0 Å². The molecular weight excluding hydrogens is 326 g/mol. The molecule has 6 heteroatoms. The van der Waals surface area contributed by atoms with Gasteiger partial charge in [0.1, 0.15) is 12.1 Å². The summed E-state index contributed by atoms with van der Waals surface area (Å²) in [7, 11) is -1.44. The number of hydrogen-bond acceptors (Lipinski definition) is 4. The lowest BCUT2D eigenvalue weighted by Gasteiger charge is -2.33. The fourth-order valence-electron chi connectivity index (χ4n) is 2.45. The van der Waals surface area contributed by atoms with E-state index >= 15 is 0 Å². The molecule has 1 heterocycles. The number of nitrogens with one attached hydrogen (secondary N) is 1. The lowest BCUT2D eigenvalue weighted by Crippen LogP contribution is -2.52. The molecule has 0 bridgehead atoms. The molecule has 2 rings (SSSR count). The van der Waals surface area contributed by atoms with Crippen molar-refractivity contribution in [2.45, 2.75) is 51.2 Å². The molecule has 0 spiro atoms. The van der Waals surface area contributed by atoms with Gasteiger partial charge in [-0.15, -0.1) is 0 Å². The number of hydrogen-bond donors (Lipinski definition) is 1. The summed E-state index contributed by atoms with van der Waals surface area (Å²) in [5.74, 6) is -0.486. The van der Waals surface area contributed by atoms with Crippen LogP contribution in [0.2, 0.25) is 0 Å². The van der Waals surface area contributed by atoms with Gasteiger partial charge in [0.05, 0.1) is 28.9 Å². The Hall–Kier alpha value is -1.50. The highest BCUT2D eigenvalue weighted by molar-refractivity contribution is 7.84. The molecule has 1 aliphatic rings. The van der Waals surface area contributed by atoms with Crippen LogP contribution in [0.1, 0.15) is 38.8 Å². The van der Waals surface area contributed by atoms with Crippen LogP contribution < -0.4 is 4.72 Å². The highest BCUT2D eigenvalue weighted by atomic mass is 32.2. The fraction of sp³-hybridized carbons (Fsp3) is 0.500. The van der Waals surface area contributed by atoms with Gasteiger partial charge in [-0.1, -0.05) is 30.8 Å². The van der Waals surface area contributed by atoms with Crippen LogP contribution in [0.5, 0.6) is 0 Å². The van der Waals surface area contributed by atoms with E-state index in [1.54, 1.807) is 6.92 Å². The first-order valence-corrected chi connectivity index (χ1v) is 9.14. The zero-order chi connectivity index (χ0) is 17.9. The highest BCUT2D eigenvalue weighted by Gasteiger charge is 2.38. The van der Waals surface area contributed by atoms with Crippen molar-refractivity contribution in [1.82, 2.24) is 4.72 Å². The first-order valence-electron chi connectivity index (χ1n) is 7.99. The minimum Gasteiger partial charge on any atom is -0.465 e. The van der Waals surface area contributed by atoms with Crippen molar-refractivity contribution >= 4 is 22.5 Å². The Morgan fingerprint density at radius 2 is 2.12 bits per heavy atom. The Balaban J connectivity index is 2.29. The number of rotatable bonds is 5. The second-order valence-corrected chi connectivity index (χ2v) is 8.64. The van der Waals surface area contributed by atoms with Gasteiger partial charge in [0.15, 0.2) is 0 Å². The highest BCUT2D eigenvalue weighted by Crippen LogP contribution is 2.31. The predicted octanol–water partition coefficient (Wildman–Crippen LogP) is 2.58. The standard InChI is InChI=1S/C18H25NO4S/c1-6-22-17(20)15(19-24(21)18(3,4)5)16-12(2)14-10-8-7-9-13(14)11-23-16/h7-10,15-16,19H,2,6,11H2,1,3-5H3/t15-,16-,24?/m0/s1. The van der Waals surface area contributed by atoms with Crippen molar-refractivity contribution in [2.75, 3.05) is 6.61 Å². The summed E-state index contributed by atoms with van der Waals surface area (Å²) in [4.78, 5) is 12.4. The second kappa shape index (κ2) is 7.59. The number of esters is 1. The maximum atomic E-state index is 12.5. The molecule has 132 valence electrons. The Morgan fingerprint density at radius 1 is 1.46 bits per heavy atom. The molecule has 1 aromatic rings. The average Bonchev–Trinajstić information content (AvgIpc) is 2.53. The number of carbonyl (C=O) groups excluding carboxylic acids is 1. The van der Waals surface area contributed by atoms with Crippen molar-refractivity contribution in [1.29, 1.82) is 0 Å². The van der Waals surface area contributed by atoms with E-state index in [0.717, 1.165) is 11.1 Å². The van der Waals surface area contributed by atoms with Crippen LogP contribution >= 0.6 is 0 Å². The molecule has 0 amide bonds. The van der Waals surface area contributed by atoms with Gasteiger partial charge in [-0.25, -0.2) is 8.93 Å². The maximum Gasteiger partial charge on any atom is 0.327 e. The Kier molecular flexibility index (Phi) is 5.96. The molecule has 0 fully saturated rings. The molecule has 5 nitrogen and oxygen atoms in total. The average molecular weight is 351 g/mol. The van der Waals surface area contributed by atoms with Crippen molar-refractivity contribution < 1.29 is 18.5 Å². The lowest BCUT2D eigenvalue weighted by molar-refractivity contribution is -0.148. The van der Waals surface area contributed by atoms with Crippen molar-refractivity contribution in [3.8, 4) is 0 Å². The molecule has 0 saturated heterocycles. The van der Waals surface area contributed by atoms with E-state index in [-0.39, 0.29) is 6.61 Å². The van der Waals surface area contributed by atoms with E-state index in [4.69, 9.17) is 9.47 Å².